The molecule has 0 fully saturated rings. The molecule has 0 bridgehead atoms. The molecule has 4 unspecified atom stereocenters. The number of amides is 3. The SMILES string of the molecule is CC(NC(=O)C(CCCN=C(N)N)NC(=O)C(N)Cc1cnc[nH]1)C(=O)NC(CC(=O)O)C(=O)O. The van der Waals surface area contributed by atoms with Gasteiger partial charge in [-0.05, 0) is 19.8 Å². The van der Waals surface area contributed by atoms with E-state index in [1.807, 2.05) is 5.32 Å². The van der Waals surface area contributed by atoms with Crippen LogP contribution in [0.3, 0.4) is 0 Å². The van der Waals surface area contributed by atoms with Crippen molar-refractivity contribution in [2.24, 2.45) is 22.2 Å². The van der Waals surface area contributed by atoms with Crippen LogP contribution in [0.4, 0.5) is 0 Å². The van der Waals surface area contributed by atoms with E-state index in [0.717, 1.165) is 0 Å². The number of carboxylic acid groups (broad SMARTS) is 2. The van der Waals surface area contributed by atoms with Gasteiger partial charge >= 0.3 is 11.9 Å². The summed E-state index contributed by atoms with van der Waals surface area (Å²) in [6.07, 6.45) is 2.61. The van der Waals surface area contributed by atoms with Gasteiger partial charge in [-0.1, -0.05) is 0 Å². The maximum Gasteiger partial charge on any atom is 0.326 e. The summed E-state index contributed by atoms with van der Waals surface area (Å²) < 4.78 is 0. The highest BCUT2D eigenvalue weighted by Gasteiger charge is 2.29. The number of hydrogen-bond acceptors (Lipinski definition) is 8. The highest BCUT2D eigenvalue weighted by Crippen LogP contribution is 2.03. The maximum absolute atomic E-state index is 12.8. The van der Waals surface area contributed by atoms with Crippen molar-refractivity contribution in [3.05, 3.63) is 18.2 Å². The fourth-order valence-electron chi connectivity index (χ4n) is 2.83. The Hall–Kier alpha value is -4.21. The molecule has 35 heavy (non-hydrogen) atoms. The first-order valence-corrected chi connectivity index (χ1v) is 10.5. The van der Waals surface area contributed by atoms with E-state index < -0.39 is 60.2 Å². The van der Waals surface area contributed by atoms with Crippen LogP contribution in [-0.2, 0) is 30.4 Å². The number of nitrogens with zero attached hydrogens (tertiary/aromatic N) is 2. The minimum absolute atomic E-state index is 0.0935. The molecule has 0 aliphatic heterocycles. The molecule has 1 aromatic rings. The first kappa shape index (κ1) is 28.8. The Bertz CT molecular complexity index is 916. The minimum atomic E-state index is -1.69. The molecule has 194 valence electrons. The molecule has 1 rings (SSSR count). The number of nitrogens with two attached hydrogens (primary N) is 3. The summed E-state index contributed by atoms with van der Waals surface area (Å²) in [5.74, 6) is -5.42. The van der Waals surface area contributed by atoms with E-state index in [1.54, 1.807) is 0 Å². The molecule has 1 heterocycles. The quantitative estimate of drug-likeness (QED) is 0.0647. The molecule has 4 atom stereocenters. The standard InChI is InChI=1S/C19H31N9O7/c1-9(15(31)28-13(18(34)35)6-14(29)30)26-17(33)12(3-2-4-24-19(21)22)27-16(32)11(20)5-10-7-23-8-25-10/h7-9,11-13H,2-6,20H2,1H3,(H,23,25)(H,26,33)(H,27,32)(H,28,31)(H,29,30)(H,34,35)(H4,21,22,24). The number of hydrogen-bond donors (Lipinski definition) is 9. The zero-order chi connectivity index (χ0) is 26.5. The molecule has 1 aromatic heterocycles. The summed E-state index contributed by atoms with van der Waals surface area (Å²) >= 11 is 0. The summed E-state index contributed by atoms with van der Waals surface area (Å²) in [5, 5.41) is 24.8. The Morgan fingerprint density at radius 2 is 1.71 bits per heavy atom. The number of nitrogens with one attached hydrogen (secondary N) is 4. The van der Waals surface area contributed by atoms with E-state index in [9.17, 15) is 24.0 Å². The van der Waals surface area contributed by atoms with Gasteiger partial charge in [0.25, 0.3) is 0 Å². The van der Waals surface area contributed by atoms with Crippen molar-refractivity contribution in [3.8, 4) is 0 Å². The van der Waals surface area contributed by atoms with Crippen molar-refractivity contribution in [1.82, 2.24) is 25.9 Å². The number of imidazole rings is 1. The second-order valence-corrected chi connectivity index (χ2v) is 7.63. The molecule has 0 radical (unpaired) electrons. The number of aliphatic imine (C=N–C) groups is 1. The van der Waals surface area contributed by atoms with Crippen LogP contribution in [0.1, 0.15) is 31.9 Å². The van der Waals surface area contributed by atoms with Crippen molar-refractivity contribution >= 4 is 35.6 Å². The predicted molar refractivity (Wildman–Crippen MR) is 122 cm³/mol. The molecule has 0 saturated heterocycles. The Morgan fingerprint density at radius 1 is 1.06 bits per heavy atom. The summed E-state index contributed by atoms with van der Waals surface area (Å²) in [5.41, 5.74) is 17.1. The van der Waals surface area contributed by atoms with Gasteiger partial charge in [-0.3, -0.25) is 24.2 Å². The number of aromatic nitrogens is 2. The van der Waals surface area contributed by atoms with Gasteiger partial charge in [-0.15, -0.1) is 0 Å². The lowest BCUT2D eigenvalue weighted by atomic mass is 10.1. The second kappa shape index (κ2) is 14.1. The fraction of sp³-hybridized carbons (Fsp3) is 0.526. The Morgan fingerprint density at radius 3 is 2.26 bits per heavy atom. The van der Waals surface area contributed by atoms with Crippen LogP contribution in [0.25, 0.3) is 0 Å². The molecule has 0 aromatic carbocycles. The Kier molecular flexibility index (Phi) is 11.6. The monoisotopic (exact) mass is 497 g/mol. The van der Waals surface area contributed by atoms with E-state index in [4.69, 9.17) is 27.4 Å². The molecular formula is C19H31N9O7. The zero-order valence-corrected chi connectivity index (χ0v) is 19.1. The molecule has 3 amide bonds. The van der Waals surface area contributed by atoms with Crippen molar-refractivity contribution in [2.45, 2.75) is 56.8 Å². The van der Waals surface area contributed by atoms with E-state index in [1.165, 1.54) is 19.4 Å². The number of rotatable bonds is 15. The van der Waals surface area contributed by atoms with Gasteiger partial charge in [0.15, 0.2) is 5.96 Å². The average molecular weight is 498 g/mol. The minimum Gasteiger partial charge on any atom is -0.481 e. The Balaban J connectivity index is 2.81. The topological polar surface area (TPSA) is 281 Å². The highest BCUT2D eigenvalue weighted by atomic mass is 16.4. The van der Waals surface area contributed by atoms with Crippen LogP contribution in [0.2, 0.25) is 0 Å². The number of carbonyl (C=O) groups is 5. The van der Waals surface area contributed by atoms with Crippen LogP contribution in [-0.4, -0.2) is 86.5 Å². The third-order valence-corrected chi connectivity index (χ3v) is 4.66. The van der Waals surface area contributed by atoms with Crippen molar-refractivity contribution in [3.63, 3.8) is 0 Å². The Labute approximate surface area is 200 Å². The predicted octanol–water partition coefficient (Wildman–Crippen LogP) is -3.63. The first-order chi connectivity index (χ1) is 16.4. The first-order valence-electron chi connectivity index (χ1n) is 10.5. The number of carbonyl (C=O) groups excluding carboxylic acids is 3. The lowest BCUT2D eigenvalue weighted by Gasteiger charge is -2.23. The number of aliphatic carboxylic acids is 2. The normalized spacial score (nSPS) is 14.0. The number of guanidine groups is 1. The van der Waals surface area contributed by atoms with Crippen molar-refractivity contribution < 1.29 is 34.2 Å². The number of aromatic amines is 1. The lowest BCUT2D eigenvalue weighted by Crippen LogP contribution is -2.56. The molecule has 16 nitrogen and oxygen atoms in total. The molecule has 0 aliphatic rings. The van der Waals surface area contributed by atoms with Crippen LogP contribution in [0.15, 0.2) is 17.5 Å². The number of H-pyrrole nitrogens is 1. The van der Waals surface area contributed by atoms with Gasteiger partial charge in [0.2, 0.25) is 17.7 Å². The smallest absolute Gasteiger partial charge is 0.326 e. The summed E-state index contributed by atoms with van der Waals surface area (Å²) in [6.45, 7) is 1.45. The second-order valence-electron chi connectivity index (χ2n) is 7.63. The van der Waals surface area contributed by atoms with E-state index >= 15 is 0 Å². The summed E-state index contributed by atoms with van der Waals surface area (Å²) in [7, 11) is 0. The van der Waals surface area contributed by atoms with E-state index in [2.05, 4.69) is 25.6 Å². The van der Waals surface area contributed by atoms with E-state index in [0.29, 0.717) is 12.1 Å². The van der Waals surface area contributed by atoms with Crippen LogP contribution in [0, 0.1) is 0 Å². The largest absolute Gasteiger partial charge is 0.481 e. The molecule has 0 saturated carbocycles. The molecule has 16 heteroatoms. The summed E-state index contributed by atoms with van der Waals surface area (Å²) in [6, 6.07) is -5.05. The zero-order valence-electron chi connectivity index (χ0n) is 19.1. The van der Waals surface area contributed by atoms with E-state index in [-0.39, 0.29) is 25.3 Å². The van der Waals surface area contributed by atoms with Gasteiger partial charge in [0.1, 0.15) is 18.1 Å². The summed E-state index contributed by atoms with van der Waals surface area (Å²) in [4.78, 5) is 70.1. The fourth-order valence-corrected chi connectivity index (χ4v) is 2.83. The molecule has 0 spiro atoms. The molecule has 0 aliphatic carbocycles. The van der Waals surface area contributed by atoms with Gasteiger partial charge in [-0.25, -0.2) is 9.78 Å². The van der Waals surface area contributed by atoms with Crippen molar-refractivity contribution in [1.29, 1.82) is 0 Å². The lowest BCUT2D eigenvalue weighted by molar-refractivity contribution is -0.147. The van der Waals surface area contributed by atoms with Gasteiger partial charge in [0, 0.05) is 24.9 Å². The maximum atomic E-state index is 12.8. The molecular weight excluding hydrogens is 466 g/mol. The van der Waals surface area contributed by atoms with Crippen LogP contribution >= 0.6 is 0 Å². The number of carboxylic acids is 2. The molecule has 12 N–H and O–H groups in total. The third kappa shape index (κ3) is 11.0. The van der Waals surface area contributed by atoms with Gasteiger partial charge in [0.05, 0.1) is 18.8 Å². The van der Waals surface area contributed by atoms with Crippen LogP contribution in [0.5, 0.6) is 0 Å². The van der Waals surface area contributed by atoms with Gasteiger partial charge < -0.3 is 48.3 Å². The average Bonchev–Trinajstić information content (AvgIpc) is 3.27. The van der Waals surface area contributed by atoms with Crippen LogP contribution < -0.4 is 33.2 Å². The van der Waals surface area contributed by atoms with Crippen molar-refractivity contribution in [2.75, 3.05) is 6.54 Å². The highest BCUT2D eigenvalue weighted by molar-refractivity contribution is 5.94. The van der Waals surface area contributed by atoms with Gasteiger partial charge in [-0.2, -0.15) is 0 Å². The third-order valence-electron chi connectivity index (χ3n) is 4.66.